The van der Waals surface area contributed by atoms with Crippen LogP contribution < -0.4 is 0 Å². The number of aromatic nitrogens is 4. The van der Waals surface area contributed by atoms with Gasteiger partial charge < -0.3 is 17.9 Å². The highest BCUT2D eigenvalue weighted by molar-refractivity contribution is 6.23. The fourth-order valence-electron chi connectivity index (χ4n) is 11.0. The summed E-state index contributed by atoms with van der Waals surface area (Å²) in [5, 5.41) is 4.93. The van der Waals surface area contributed by atoms with E-state index < -0.39 is 0 Å². The lowest BCUT2D eigenvalue weighted by molar-refractivity contribution is 1.15. The Kier molecular flexibility index (Phi) is 8.55. The molecule has 14 rings (SSSR count). The van der Waals surface area contributed by atoms with Crippen molar-refractivity contribution in [3.05, 3.63) is 255 Å². The van der Waals surface area contributed by atoms with Gasteiger partial charge in [-0.05, 0) is 106 Å². The molecule has 0 spiro atoms. The van der Waals surface area contributed by atoms with Crippen molar-refractivity contribution < 1.29 is 0 Å². The van der Waals surface area contributed by atoms with Crippen LogP contribution >= 0.6 is 0 Å². The molecule has 318 valence electrons. The van der Waals surface area contributed by atoms with Gasteiger partial charge in [0.25, 0.3) is 0 Å². The van der Waals surface area contributed by atoms with Crippen LogP contribution in [-0.4, -0.2) is 17.9 Å². The van der Waals surface area contributed by atoms with Crippen molar-refractivity contribution in [2.24, 2.45) is 0 Å². The second-order valence-electron chi connectivity index (χ2n) is 17.7. The van der Waals surface area contributed by atoms with Crippen LogP contribution in [0.4, 0.5) is 0 Å². The van der Waals surface area contributed by atoms with Crippen LogP contribution in [0, 0.1) is 0 Å². The van der Waals surface area contributed by atoms with Crippen LogP contribution in [0.15, 0.2) is 255 Å². The molecule has 8 aromatic carbocycles. The minimum absolute atomic E-state index is 1.13. The van der Waals surface area contributed by atoms with E-state index in [0.717, 1.165) is 11.4 Å². The van der Waals surface area contributed by atoms with E-state index in [0.29, 0.717) is 0 Å². The summed E-state index contributed by atoms with van der Waals surface area (Å²) in [6.45, 7) is 0. The Morgan fingerprint density at radius 2 is 0.559 bits per heavy atom. The Morgan fingerprint density at radius 1 is 0.235 bits per heavy atom. The van der Waals surface area contributed by atoms with E-state index in [-0.39, 0.29) is 0 Å². The quantitative estimate of drug-likeness (QED) is 0.152. The number of fused-ring (bicyclic) bond motifs is 10. The first-order chi connectivity index (χ1) is 33.8. The minimum Gasteiger partial charge on any atom is -0.314 e. The Balaban J connectivity index is 1.02. The molecule has 6 aromatic heterocycles. The Labute approximate surface area is 393 Å². The van der Waals surface area contributed by atoms with Crippen molar-refractivity contribution in [1.82, 2.24) is 17.9 Å². The van der Waals surface area contributed by atoms with Gasteiger partial charge in [0, 0.05) is 56.4 Å². The monoisotopic (exact) mass is 866 g/mol. The number of benzene rings is 8. The highest BCUT2D eigenvalue weighted by atomic mass is 15.0. The lowest BCUT2D eigenvalue weighted by atomic mass is 10.0. The molecule has 0 aliphatic heterocycles. The van der Waals surface area contributed by atoms with Gasteiger partial charge in [0.05, 0.1) is 44.5 Å². The predicted molar refractivity (Wildman–Crippen MR) is 284 cm³/mol. The van der Waals surface area contributed by atoms with Gasteiger partial charge in [-0.15, -0.1) is 0 Å². The number of pyridine rings is 2. The molecule has 0 amide bonds. The van der Waals surface area contributed by atoms with E-state index in [2.05, 4.69) is 273 Å². The van der Waals surface area contributed by atoms with Crippen LogP contribution in [0.1, 0.15) is 0 Å². The average molecular weight is 867 g/mol. The van der Waals surface area contributed by atoms with E-state index in [9.17, 15) is 0 Å². The highest BCUT2D eigenvalue weighted by Crippen LogP contribution is 2.46. The van der Waals surface area contributed by atoms with Crippen LogP contribution in [0.25, 0.3) is 122 Å². The van der Waals surface area contributed by atoms with Crippen molar-refractivity contribution in [3.63, 3.8) is 0 Å². The molecule has 0 aliphatic carbocycles. The fraction of sp³-hybridized carbons (Fsp3) is 0. The van der Waals surface area contributed by atoms with E-state index in [4.69, 9.17) is 0 Å². The summed E-state index contributed by atoms with van der Waals surface area (Å²) < 4.78 is 9.71. The number of rotatable bonds is 7. The molecule has 0 bridgehead atoms. The lowest BCUT2D eigenvalue weighted by Gasteiger charge is -2.13. The SMILES string of the molecule is c1ccc(-c2ccc(-n3c4ccc(-c5ccc6c(c5)c5c(c(-c7ccccc7)n7ccccc57)n6-c5ccc(-c6ccccc6)cc5)cc4c4c3c(-c3ccccc3)n3ccccc43)cc2)cc1. The van der Waals surface area contributed by atoms with Gasteiger partial charge in [0.15, 0.2) is 0 Å². The Morgan fingerprint density at radius 3 is 0.941 bits per heavy atom. The van der Waals surface area contributed by atoms with Gasteiger partial charge in [-0.2, -0.15) is 0 Å². The molecule has 0 aliphatic rings. The molecule has 68 heavy (non-hydrogen) atoms. The van der Waals surface area contributed by atoms with Crippen LogP contribution in [-0.2, 0) is 0 Å². The molecule has 0 saturated carbocycles. The summed E-state index contributed by atoms with van der Waals surface area (Å²) in [4.78, 5) is 0. The first-order valence-electron chi connectivity index (χ1n) is 23.3. The van der Waals surface area contributed by atoms with Crippen molar-refractivity contribution in [1.29, 1.82) is 0 Å². The second-order valence-corrected chi connectivity index (χ2v) is 17.7. The third-order valence-corrected chi connectivity index (χ3v) is 14.0. The van der Waals surface area contributed by atoms with Crippen molar-refractivity contribution in [2.75, 3.05) is 0 Å². The molecule has 6 heterocycles. The van der Waals surface area contributed by atoms with Gasteiger partial charge >= 0.3 is 0 Å². The van der Waals surface area contributed by atoms with Crippen molar-refractivity contribution >= 4 is 54.6 Å². The fourth-order valence-corrected chi connectivity index (χ4v) is 11.0. The molecule has 0 radical (unpaired) electrons. The average Bonchev–Trinajstić information content (AvgIpc) is 4.14. The molecule has 0 fully saturated rings. The first kappa shape index (κ1) is 38.2. The first-order valence-corrected chi connectivity index (χ1v) is 23.3. The number of hydrogen-bond acceptors (Lipinski definition) is 0. The standard InChI is InChI=1S/C64H42N4/c1-5-17-43(18-6-1)45-27-33-51(34-28-45)67-55-37-31-49(41-53(55)59-57-25-13-15-39-65(57)61(63(59)67)47-21-9-3-10-22-47)50-32-38-56-54(42-50)60-58-26-14-16-40-66(58)62(48-23-11-4-12-24-48)64(60)68(56)52-35-29-46(30-36-52)44-19-7-2-8-20-44/h1-42H. The maximum Gasteiger partial charge on any atom is 0.0809 e. The highest BCUT2D eigenvalue weighted by Gasteiger charge is 2.26. The Bertz CT molecular complexity index is 3920. The third kappa shape index (κ3) is 5.81. The number of hydrogen-bond donors (Lipinski definition) is 0. The molecule has 0 atom stereocenters. The lowest BCUT2D eigenvalue weighted by Crippen LogP contribution is -1.97. The van der Waals surface area contributed by atoms with Gasteiger partial charge in [0.2, 0.25) is 0 Å². The summed E-state index contributed by atoms with van der Waals surface area (Å²) in [5.74, 6) is 0. The zero-order valence-corrected chi connectivity index (χ0v) is 37.0. The van der Waals surface area contributed by atoms with Gasteiger partial charge in [-0.25, -0.2) is 0 Å². The molecular weight excluding hydrogens is 825 g/mol. The smallest absolute Gasteiger partial charge is 0.0809 e. The van der Waals surface area contributed by atoms with E-state index in [1.165, 1.54) is 111 Å². The largest absolute Gasteiger partial charge is 0.314 e. The van der Waals surface area contributed by atoms with Crippen LogP contribution in [0.2, 0.25) is 0 Å². The van der Waals surface area contributed by atoms with Crippen LogP contribution in [0.3, 0.4) is 0 Å². The van der Waals surface area contributed by atoms with E-state index in [1.807, 2.05) is 0 Å². The molecule has 0 saturated heterocycles. The van der Waals surface area contributed by atoms with E-state index in [1.54, 1.807) is 0 Å². The summed E-state index contributed by atoms with van der Waals surface area (Å²) in [5.41, 5.74) is 21.2. The summed E-state index contributed by atoms with van der Waals surface area (Å²) in [6.07, 6.45) is 4.42. The van der Waals surface area contributed by atoms with Crippen molar-refractivity contribution in [3.8, 4) is 67.3 Å². The Hall–Kier alpha value is -9.12. The van der Waals surface area contributed by atoms with E-state index >= 15 is 0 Å². The van der Waals surface area contributed by atoms with Gasteiger partial charge in [-0.3, -0.25) is 0 Å². The summed E-state index contributed by atoms with van der Waals surface area (Å²) in [7, 11) is 0. The molecule has 4 nitrogen and oxygen atoms in total. The topological polar surface area (TPSA) is 18.7 Å². The maximum atomic E-state index is 2.48. The minimum atomic E-state index is 1.13. The molecule has 14 aromatic rings. The summed E-state index contributed by atoms with van der Waals surface area (Å²) in [6, 6.07) is 88.4. The molecule has 0 N–H and O–H groups in total. The zero-order valence-electron chi connectivity index (χ0n) is 37.0. The zero-order chi connectivity index (χ0) is 44.7. The third-order valence-electron chi connectivity index (χ3n) is 14.0. The maximum absolute atomic E-state index is 2.48. The summed E-state index contributed by atoms with van der Waals surface area (Å²) >= 11 is 0. The predicted octanol–water partition coefficient (Wildman–Crippen LogP) is 16.7. The second kappa shape index (κ2) is 15.2. The molecule has 0 unspecified atom stereocenters. The van der Waals surface area contributed by atoms with Crippen molar-refractivity contribution in [2.45, 2.75) is 0 Å². The molecular formula is C64H42N4. The van der Waals surface area contributed by atoms with Gasteiger partial charge in [-0.1, -0.05) is 170 Å². The normalized spacial score (nSPS) is 11.8. The molecule has 4 heteroatoms. The van der Waals surface area contributed by atoms with Crippen LogP contribution in [0.5, 0.6) is 0 Å². The number of nitrogens with zero attached hydrogens (tertiary/aromatic N) is 4. The van der Waals surface area contributed by atoms with Gasteiger partial charge in [0.1, 0.15) is 0 Å².